The summed E-state index contributed by atoms with van der Waals surface area (Å²) in [5.41, 5.74) is 0. The molecule has 0 aromatic carbocycles. The van der Waals surface area contributed by atoms with Gasteiger partial charge >= 0.3 is 0 Å². The highest BCUT2D eigenvalue weighted by Gasteiger charge is 2.43. The minimum atomic E-state index is -0.356. The largest absolute Gasteiger partial charge is 0.469 e. The van der Waals surface area contributed by atoms with Gasteiger partial charge in [-0.2, -0.15) is 0 Å². The molecule has 2 aliphatic heterocycles. The van der Waals surface area contributed by atoms with E-state index >= 15 is 0 Å². The van der Waals surface area contributed by atoms with E-state index in [1.54, 1.807) is 6.26 Å². The SMILES string of the molecule is CC1CCC2(CC1)OCC(CN=C(NCCCN1CCOCC1)NCCc1ccco1)O2. The van der Waals surface area contributed by atoms with Crippen LogP contribution in [0.1, 0.15) is 44.8 Å². The normalized spacial score (nSPS) is 29.5. The lowest BCUT2D eigenvalue weighted by Gasteiger charge is -2.34. The van der Waals surface area contributed by atoms with Gasteiger partial charge in [-0.25, -0.2) is 0 Å². The summed E-state index contributed by atoms with van der Waals surface area (Å²) in [6.45, 7) is 10.0. The Bertz CT molecular complexity index is 682. The van der Waals surface area contributed by atoms with E-state index < -0.39 is 0 Å². The predicted molar refractivity (Wildman–Crippen MR) is 124 cm³/mol. The van der Waals surface area contributed by atoms with E-state index in [4.69, 9.17) is 23.6 Å². The van der Waals surface area contributed by atoms with Gasteiger partial charge in [0.1, 0.15) is 11.9 Å². The van der Waals surface area contributed by atoms with E-state index in [1.807, 2.05) is 12.1 Å². The van der Waals surface area contributed by atoms with E-state index in [2.05, 4.69) is 22.5 Å². The number of ether oxygens (including phenoxy) is 3. The Kier molecular flexibility index (Phi) is 8.85. The molecule has 180 valence electrons. The predicted octanol–water partition coefficient (Wildman–Crippen LogP) is 2.40. The Balaban J connectivity index is 1.23. The second kappa shape index (κ2) is 12.0. The van der Waals surface area contributed by atoms with Crippen LogP contribution in [0.3, 0.4) is 0 Å². The zero-order valence-electron chi connectivity index (χ0n) is 19.5. The van der Waals surface area contributed by atoms with Crippen LogP contribution in [0.4, 0.5) is 0 Å². The molecule has 4 rings (SSSR count). The van der Waals surface area contributed by atoms with Crippen LogP contribution in [0.25, 0.3) is 0 Å². The first kappa shape index (κ1) is 23.5. The molecule has 1 saturated carbocycles. The van der Waals surface area contributed by atoms with Crippen molar-refractivity contribution in [1.29, 1.82) is 0 Å². The van der Waals surface area contributed by atoms with Gasteiger partial charge in [0.15, 0.2) is 11.7 Å². The van der Waals surface area contributed by atoms with Gasteiger partial charge in [-0.1, -0.05) is 6.92 Å². The van der Waals surface area contributed by atoms with Crippen LogP contribution in [-0.4, -0.2) is 81.8 Å². The molecule has 32 heavy (non-hydrogen) atoms. The van der Waals surface area contributed by atoms with Crippen molar-refractivity contribution in [3.63, 3.8) is 0 Å². The summed E-state index contributed by atoms with van der Waals surface area (Å²) >= 11 is 0. The summed E-state index contributed by atoms with van der Waals surface area (Å²) in [7, 11) is 0. The van der Waals surface area contributed by atoms with Gasteiger partial charge in [0, 0.05) is 45.4 Å². The highest BCUT2D eigenvalue weighted by Crippen LogP contribution is 2.39. The molecule has 1 aliphatic carbocycles. The molecule has 2 saturated heterocycles. The molecule has 8 nitrogen and oxygen atoms in total. The van der Waals surface area contributed by atoms with Crippen molar-refractivity contribution in [2.24, 2.45) is 10.9 Å². The molecule has 8 heteroatoms. The average molecular weight is 449 g/mol. The zero-order chi connectivity index (χ0) is 22.1. The number of hydrogen-bond donors (Lipinski definition) is 2. The lowest BCUT2D eigenvalue weighted by atomic mass is 9.86. The van der Waals surface area contributed by atoms with Crippen LogP contribution in [0.2, 0.25) is 0 Å². The van der Waals surface area contributed by atoms with Crippen LogP contribution in [0.5, 0.6) is 0 Å². The molecule has 3 aliphatic rings. The number of rotatable bonds is 9. The summed E-state index contributed by atoms with van der Waals surface area (Å²) in [6, 6.07) is 3.93. The van der Waals surface area contributed by atoms with Crippen molar-refractivity contribution >= 4 is 5.96 Å². The zero-order valence-corrected chi connectivity index (χ0v) is 19.5. The van der Waals surface area contributed by atoms with E-state index in [0.717, 1.165) is 89.3 Å². The number of furan rings is 1. The Morgan fingerprint density at radius 2 is 2.00 bits per heavy atom. The third kappa shape index (κ3) is 7.20. The van der Waals surface area contributed by atoms with Crippen molar-refractivity contribution in [1.82, 2.24) is 15.5 Å². The molecular formula is C24H40N4O4. The smallest absolute Gasteiger partial charge is 0.191 e. The topological polar surface area (TPSA) is 80.5 Å². The van der Waals surface area contributed by atoms with Crippen LogP contribution < -0.4 is 10.6 Å². The van der Waals surface area contributed by atoms with E-state index in [9.17, 15) is 0 Å². The highest BCUT2D eigenvalue weighted by atomic mass is 16.7. The highest BCUT2D eigenvalue weighted by molar-refractivity contribution is 5.79. The summed E-state index contributed by atoms with van der Waals surface area (Å²) in [5, 5.41) is 6.94. The van der Waals surface area contributed by atoms with Gasteiger partial charge in [-0.3, -0.25) is 9.89 Å². The monoisotopic (exact) mass is 448 g/mol. The standard InChI is InChI=1S/C24H40N4O4/c1-20-5-8-24(9-6-20)31-19-22(32-24)18-27-23(26-11-7-21-4-2-15-30-21)25-10-3-12-28-13-16-29-17-14-28/h2,4,15,20,22H,3,5-14,16-19H2,1H3,(H2,25,26,27). The number of hydrogen-bond acceptors (Lipinski definition) is 6. The molecule has 1 unspecified atom stereocenters. The molecule has 1 aromatic heterocycles. The van der Waals surface area contributed by atoms with Crippen LogP contribution in [0.15, 0.2) is 27.8 Å². The maximum atomic E-state index is 6.34. The first-order valence-corrected chi connectivity index (χ1v) is 12.4. The van der Waals surface area contributed by atoms with Gasteiger partial charge in [0.25, 0.3) is 0 Å². The summed E-state index contributed by atoms with van der Waals surface area (Å²) in [5.74, 6) is 2.23. The second-order valence-electron chi connectivity index (χ2n) is 9.32. The van der Waals surface area contributed by atoms with Crippen LogP contribution in [-0.2, 0) is 20.6 Å². The van der Waals surface area contributed by atoms with E-state index in [-0.39, 0.29) is 11.9 Å². The molecular weight excluding hydrogens is 408 g/mol. The minimum absolute atomic E-state index is 0.0282. The molecule has 0 bridgehead atoms. The van der Waals surface area contributed by atoms with Crippen molar-refractivity contribution in [3.8, 4) is 0 Å². The Morgan fingerprint density at radius 3 is 2.78 bits per heavy atom. The van der Waals surface area contributed by atoms with Crippen molar-refractivity contribution in [3.05, 3.63) is 24.2 Å². The Morgan fingerprint density at radius 1 is 1.19 bits per heavy atom. The fourth-order valence-electron chi connectivity index (χ4n) is 4.63. The van der Waals surface area contributed by atoms with Gasteiger partial charge < -0.3 is 29.3 Å². The third-order valence-electron chi connectivity index (χ3n) is 6.69. The number of nitrogens with one attached hydrogen (secondary N) is 2. The van der Waals surface area contributed by atoms with Crippen molar-refractivity contribution < 1.29 is 18.6 Å². The fourth-order valence-corrected chi connectivity index (χ4v) is 4.63. The molecule has 1 atom stereocenters. The third-order valence-corrected chi connectivity index (χ3v) is 6.69. The molecule has 3 heterocycles. The average Bonchev–Trinajstić information content (AvgIpc) is 3.48. The molecule has 0 radical (unpaired) electrons. The van der Waals surface area contributed by atoms with Gasteiger partial charge in [-0.05, 0) is 43.9 Å². The Labute approximate surface area is 192 Å². The molecule has 1 aromatic rings. The summed E-state index contributed by atoms with van der Waals surface area (Å²) < 4.78 is 23.3. The quantitative estimate of drug-likeness (QED) is 0.341. The maximum absolute atomic E-state index is 6.34. The van der Waals surface area contributed by atoms with E-state index in [1.165, 1.54) is 12.8 Å². The van der Waals surface area contributed by atoms with Gasteiger partial charge in [0.2, 0.25) is 0 Å². The van der Waals surface area contributed by atoms with Crippen LogP contribution in [0, 0.1) is 5.92 Å². The number of nitrogens with zero attached hydrogens (tertiary/aromatic N) is 2. The minimum Gasteiger partial charge on any atom is -0.469 e. The molecule has 2 N–H and O–H groups in total. The van der Waals surface area contributed by atoms with Crippen molar-refractivity contribution in [2.75, 3.05) is 59.1 Å². The number of guanidine groups is 1. The maximum Gasteiger partial charge on any atom is 0.191 e. The molecule has 3 fully saturated rings. The number of aliphatic imine (C=N–C) groups is 1. The lowest BCUT2D eigenvalue weighted by molar-refractivity contribution is -0.190. The lowest BCUT2D eigenvalue weighted by Crippen LogP contribution is -2.41. The fraction of sp³-hybridized carbons (Fsp3) is 0.792. The molecule has 1 spiro atoms. The first-order chi connectivity index (χ1) is 15.7. The van der Waals surface area contributed by atoms with E-state index in [0.29, 0.717) is 13.2 Å². The summed E-state index contributed by atoms with van der Waals surface area (Å²) in [6.07, 6.45) is 8.01. The first-order valence-electron chi connectivity index (χ1n) is 12.4. The Hall–Kier alpha value is -1.61. The van der Waals surface area contributed by atoms with Crippen molar-refractivity contribution in [2.45, 2.75) is 57.3 Å². The second-order valence-corrected chi connectivity index (χ2v) is 9.32. The summed E-state index contributed by atoms with van der Waals surface area (Å²) in [4.78, 5) is 7.29. The molecule has 0 amide bonds. The van der Waals surface area contributed by atoms with Crippen LogP contribution >= 0.6 is 0 Å². The van der Waals surface area contributed by atoms with Gasteiger partial charge in [0.05, 0.1) is 32.6 Å². The number of morpholine rings is 1. The van der Waals surface area contributed by atoms with Gasteiger partial charge in [-0.15, -0.1) is 0 Å².